The SMILES string of the molecule is CC(C)C(N)C(=O)NC[C@@H]1OC(=O)N(c2ccc(Oc3ccc(Cl)cc3)cc2)[C@H]1c1ccccc1. The van der Waals surface area contributed by atoms with Crippen molar-refractivity contribution in [2.75, 3.05) is 11.4 Å². The number of benzene rings is 3. The second-order valence-corrected chi connectivity index (χ2v) is 9.15. The molecule has 1 fully saturated rings. The van der Waals surface area contributed by atoms with Crippen molar-refractivity contribution in [3.05, 3.63) is 89.4 Å². The van der Waals surface area contributed by atoms with Gasteiger partial charge < -0.3 is 20.5 Å². The van der Waals surface area contributed by atoms with E-state index in [1.54, 1.807) is 53.4 Å². The first-order chi connectivity index (χ1) is 16.8. The van der Waals surface area contributed by atoms with E-state index in [0.717, 1.165) is 5.56 Å². The van der Waals surface area contributed by atoms with Gasteiger partial charge in [-0.05, 0) is 60.0 Å². The van der Waals surface area contributed by atoms with Crippen LogP contribution >= 0.6 is 11.6 Å². The van der Waals surface area contributed by atoms with Crippen LogP contribution < -0.4 is 20.7 Å². The van der Waals surface area contributed by atoms with E-state index in [1.807, 2.05) is 44.2 Å². The Morgan fingerprint density at radius 3 is 2.23 bits per heavy atom. The van der Waals surface area contributed by atoms with Gasteiger partial charge in [-0.3, -0.25) is 9.69 Å². The van der Waals surface area contributed by atoms with Gasteiger partial charge in [0.1, 0.15) is 23.6 Å². The Bertz CT molecular complexity index is 1150. The Kier molecular flexibility index (Phi) is 7.58. The van der Waals surface area contributed by atoms with Crippen LogP contribution in [-0.2, 0) is 9.53 Å². The molecule has 0 bridgehead atoms. The van der Waals surface area contributed by atoms with Crippen LogP contribution in [0.2, 0.25) is 5.02 Å². The molecular weight excluding hydrogens is 466 g/mol. The van der Waals surface area contributed by atoms with Crippen LogP contribution in [0, 0.1) is 5.92 Å². The van der Waals surface area contributed by atoms with Crippen molar-refractivity contribution in [1.29, 1.82) is 0 Å². The number of hydrogen-bond acceptors (Lipinski definition) is 5. The first kappa shape index (κ1) is 24.6. The van der Waals surface area contributed by atoms with Crippen LogP contribution in [-0.4, -0.2) is 30.7 Å². The van der Waals surface area contributed by atoms with E-state index in [-0.39, 0.29) is 18.4 Å². The van der Waals surface area contributed by atoms with Gasteiger partial charge in [-0.25, -0.2) is 4.79 Å². The number of cyclic esters (lactones) is 1. The number of nitrogens with zero attached hydrogens (tertiary/aromatic N) is 1. The fourth-order valence-corrected chi connectivity index (χ4v) is 4.03. The molecule has 0 aliphatic carbocycles. The topological polar surface area (TPSA) is 93.9 Å². The number of anilines is 1. The Balaban J connectivity index is 1.55. The Labute approximate surface area is 209 Å². The zero-order valence-electron chi connectivity index (χ0n) is 19.6. The minimum Gasteiger partial charge on any atom is -0.457 e. The third-order valence-electron chi connectivity index (χ3n) is 5.88. The molecule has 1 heterocycles. The summed E-state index contributed by atoms with van der Waals surface area (Å²) >= 11 is 5.93. The number of hydrogen-bond donors (Lipinski definition) is 2. The van der Waals surface area contributed by atoms with Crippen LogP contribution in [0.25, 0.3) is 0 Å². The van der Waals surface area contributed by atoms with E-state index in [9.17, 15) is 9.59 Å². The molecule has 0 radical (unpaired) electrons. The van der Waals surface area contributed by atoms with E-state index in [2.05, 4.69) is 5.32 Å². The predicted molar refractivity (Wildman–Crippen MR) is 136 cm³/mol. The maximum absolute atomic E-state index is 13.0. The summed E-state index contributed by atoms with van der Waals surface area (Å²) in [6, 6.07) is 22.8. The zero-order chi connectivity index (χ0) is 24.9. The third kappa shape index (κ3) is 5.75. The number of carbonyl (C=O) groups is 2. The Morgan fingerprint density at radius 2 is 1.63 bits per heavy atom. The monoisotopic (exact) mass is 493 g/mol. The Morgan fingerprint density at radius 1 is 1.03 bits per heavy atom. The highest BCUT2D eigenvalue weighted by Crippen LogP contribution is 2.38. The molecule has 3 aromatic rings. The lowest BCUT2D eigenvalue weighted by atomic mass is 9.99. The molecule has 0 saturated carbocycles. The van der Waals surface area contributed by atoms with Gasteiger partial charge in [0, 0.05) is 10.7 Å². The minimum atomic E-state index is -0.633. The molecule has 3 atom stereocenters. The highest BCUT2D eigenvalue weighted by Gasteiger charge is 2.43. The molecule has 4 rings (SSSR count). The summed E-state index contributed by atoms with van der Waals surface area (Å²) in [6.07, 6.45) is -1.07. The van der Waals surface area contributed by atoms with Crippen molar-refractivity contribution in [2.45, 2.75) is 32.0 Å². The largest absolute Gasteiger partial charge is 0.457 e. The average molecular weight is 494 g/mol. The molecule has 3 N–H and O–H groups in total. The summed E-state index contributed by atoms with van der Waals surface area (Å²) in [5, 5.41) is 3.47. The van der Waals surface area contributed by atoms with E-state index in [1.165, 1.54) is 0 Å². The molecule has 3 aromatic carbocycles. The van der Waals surface area contributed by atoms with E-state index >= 15 is 0 Å². The molecular formula is C27H28ClN3O4. The second kappa shape index (κ2) is 10.8. The standard InChI is InChI=1S/C27H28ClN3O4/c1-17(2)24(29)26(32)30-16-23-25(18-6-4-3-5-7-18)31(27(33)35-23)20-10-14-22(15-11-20)34-21-12-8-19(28)9-13-21/h3-15,17,23-25H,16,29H2,1-2H3,(H,30,32)/t23-,24?,25-/m0/s1. The summed E-state index contributed by atoms with van der Waals surface area (Å²) in [6.45, 7) is 3.92. The van der Waals surface area contributed by atoms with Crippen molar-refractivity contribution < 1.29 is 19.1 Å². The van der Waals surface area contributed by atoms with Gasteiger partial charge in [-0.2, -0.15) is 0 Å². The molecule has 1 aliphatic heterocycles. The fraction of sp³-hybridized carbons (Fsp3) is 0.259. The number of rotatable bonds is 8. The van der Waals surface area contributed by atoms with E-state index < -0.39 is 24.3 Å². The van der Waals surface area contributed by atoms with Crippen molar-refractivity contribution >= 4 is 29.3 Å². The lowest BCUT2D eigenvalue weighted by Gasteiger charge is -2.26. The molecule has 8 heteroatoms. The van der Waals surface area contributed by atoms with Crippen molar-refractivity contribution in [1.82, 2.24) is 5.32 Å². The maximum atomic E-state index is 13.0. The van der Waals surface area contributed by atoms with Crippen molar-refractivity contribution in [2.24, 2.45) is 11.7 Å². The minimum absolute atomic E-state index is 0.00356. The quantitative estimate of drug-likeness (QED) is 0.444. The molecule has 182 valence electrons. The molecule has 1 unspecified atom stereocenters. The smallest absolute Gasteiger partial charge is 0.415 e. The number of halogens is 1. The molecule has 1 aliphatic rings. The molecule has 2 amide bonds. The lowest BCUT2D eigenvalue weighted by Crippen LogP contribution is -2.47. The van der Waals surface area contributed by atoms with E-state index in [4.69, 9.17) is 26.8 Å². The number of carbonyl (C=O) groups excluding carboxylic acids is 2. The normalized spacial score (nSPS) is 18.3. The highest BCUT2D eigenvalue weighted by atomic mass is 35.5. The summed E-state index contributed by atoms with van der Waals surface area (Å²) in [5.74, 6) is 0.993. The maximum Gasteiger partial charge on any atom is 0.415 e. The van der Waals surface area contributed by atoms with Crippen LogP contribution in [0.5, 0.6) is 11.5 Å². The zero-order valence-corrected chi connectivity index (χ0v) is 20.3. The Hall–Kier alpha value is -3.55. The summed E-state index contributed by atoms with van der Waals surface area (Å²) in [7, 11) is 0. The summed E-state index contributed by atoms with van der Waals surface area (Å²) in [5.41, 5.74) is 7.51. The summed E-state index contributed by atoms with van der Waals surface area (Å²) < 4.78 is 11.6. The molecule has 1 saturated heterocycles. The summed E-state index contributed by atoms with van der Waals surface area (Å²) in [4.78, 5) is 27.0. The predicted octanol–water partition coefficient (Wildman–Crippen LogP) is 5.30. The van der Waals surface area contributed by atoms with Gasteiger partial charge in [0.25, 0.3) is 0 Å². The van der Waals surface area contributed by atoms with Gasteiger partial charge in [0.2, 0.25) is 5.91 Å². The van der Waals surface area contributed by atoms with Crippen LogP contribution in [0.3, 0.4) is 0 Å². The van der Waals surface area contributed by atoms with Gasteiger partial charge in [0.15, 0.2) is 0 Å². The number of ether oxygens (including phenoxy) is 2. The van der Waals surface area contributed by atoms with Crippen molar-refractivity contribution in [3.63, 3.8) is 0 Å². The van der Waals surface area contributed by atoms with Crippen LogP contribution in [0.4, 0.5) is 10.5 Å². The van der Waals surface area contributed by atoms with Gasteiger partial charge in [-0.15, -0.1) is 0 Å². The molecule has 7 nitrogen and oxygen atoms in total. The fourth-order valence-electron chi connectivity index (χ4n) is 3.90. The molecule has 0 aromatic heterocycles. The highest BCUT2D eigenvalue weighted by molar-refractivity contribution is 6.30. The second-order valence-electron chi connectivity index (χ2n) is 8.71. The van der Waals surface area contributed by atoms with Crippen LogP contribution in [0.1, 0.15) is 25.5 Å². The van der Waals surface area contributed by atoms with Gasteiger partial charge >= 0.3 is 6.09 Å². The van der Waals surface area contributed by atoms with Crippen molar-refractivity contribution in [3.8, 4) is 11.5 Å². The third-order valence-corrected chi connectivity index (χ3v) is 6.13. The lowest BCUT2D eigenvalue weighted by molar-refractivity contribution is -0.123. The van der Waals surface area contributed by atoms with Gasteiger partial charge in [0.05, 0.1) is 12.6 Å². The first-order valence-electron chi connectivity index (χ1n) is 11.4. The average Bonchev–Trinajstić information content (AvgIpc) is 3.20. The number of nitrogens with two attached hydrogens (primary N) is 1. The van der Waals surface area contributed by atoms with Crippen LogP contribution in [0.15, 0.2) is 78.9 Å². The number of amides is 2. The molecule has 35 heavy (non-hydrogen) atoms. The van der Waals surface area contributed by atoms with Gasteiger partial charge in [-0.1, -0.05) is 55.8 Å². The molecule has 0 spiro atoms. The van der Waals surface area contributed by atoms with E-state index in [0.29, 0.717) is 22.2 Å². The number of nitrogens with one attached hydrogen (secondary N) is 1. The first-order valence-corrected chi connectivity index (χ1v) is 11.8.